The standard InChI is InChI=1S/C15H19N5O3/c1-10-8-12(18-23-10)16-15(22)11-4-3-7-20(9-11)13-5-6-14(21)19(2)17-13/h5-6,8,11H,3-4,7,9H2,1-2H3,(H,16,18,22)/t11-/m0/s1. The van der Waals surface area contributed by atoms with Crippen LogP contribution in [0.4, 0.5) is 11.6 Å². The van der Waals surface area contributed by atoms with Crippen molar-refractivity contribution in [1.29, 1.82) is 0 Å². The lowest BCUT2D eigenvalue weighted by Gasteiger charge is -2.32. The Morgan fingerprint density at radius 2 is 2.26 bits per heavy atom. The monoisotopic (exact) mass is 317 g/mol. The lowest BCUT2D eigenvalue weighted by molar-refractivity contribution is -0.120. The van der Waals surface area contributed by atoms with Gasteiger partial charge in [-0.25, -0.2) is 4.68 Å². The zero-order chi connectivity index (χ0) is 16.4. The maximum Gasteiger partial charge on any atom is 0.266 e. The Morgan fingerprint density at radius 1 is 1.43 bits per heavy atom. The molecule has 3 rings (SSSR count). The Kier molecular flexibility index (Phi) is 4.14. The average molecular weight is 317 g/mol. The third-order valence-corrected chi connectivity index (χ3v) is 3.94. The van der Waals surface area contributed by atoms with Gasteiger partial charge in [0.25, 0.3) is 5.56 Å². The molecule has 8 nitrogen and oxygen atoms in total. The molecule has 122 valence electrons. The summed E-state index contributed by atoms with van der Waals surface area (Å²) >= 11 is 0. The summed E-state index contributed by atoms with van der Waals surface area (Å²) in [6.07, 6.45) is 1.70. The lowest BCUT2D eigenvalue weighted by atomic mass is 9.97. The molecule has 0 radical (unpaired) electrons. The largest absolute Gasteiger partial charge is 0.360 e. The summed E-state index contributed by atoms with van der Waals surface area (Å²) in [7, 11) is 1.62. The van der Waals surface area contributed by atoms with Crippen LogP contribution in [0.5, 0.6) is 0 Å². The summed E-state index contributed by atoms with van der Waals surface area (Å²) in [6.45, 7) is 3.16. The first-order valence-electron chi connectivity index (χ1n) is 7.56. The van der Waals surface area contributed by atoms with Crippen molar-refractivity contribution in [1.82, 2.24) is 14.9 Å². The summed E-state index contributed by atoms with van der Waals surface area (Å²) < 4.78 is 6.25. The van der Waals surface area contributed by atoms with Gasteiger partial charge in [0.1, 0.15) is 11.6 Å². The SMILES string of the molecule is Cc1cc(NC(=O)[C@H]2CCCN(c3ccc(=O)n(C)n3)C2)no1. The molecule has 0 saturated carbocycles. The van der Waals surface area contributed by atoms with E-state index in [9.17, 15) is 9.59 Å². The smallest absolute Gasteiger partial charge is 0.266 e. The molecule has 23 heavy (non-hydrogen) atoms. The Bertz CT molecular complexity index is 766. The molecule has 1 fully saturated rings. The number of nitrogens with one attached hydrogen (secondary N) is 1. The van der Waals surface area contributed by atoms with Gasteiger partial charge in [0, 0.05) is 32.3 Å². The maximum atomic E-state index is 12.4. The minimum absolute atomic E-state index is 0.0761. The van der Waals surface area contributed by atoms with Gasteiger partial charge in [-0.1, -0.05) is 5.16 Å². The summed E-state index contributed by atoms with van der Waals surface area (Å²) in [5.74, 6) is 1.57. The van der Waals surface area contributed by atoms with Gasteiger partial charge in [-0.3, -0.25) is 9.59 Å². The quantitative estimate of drug-likeness (QED) is 0.905. The van der Waals surface area contributed by atoms with Gasteiger partial charge >= 0.3 is 0 Å². The molecule has 0 spiro atoms. The van der Waals surface area contributed by atoms with Crippen LogP contribution in [-0.2, 0) is 11.8 Å². The highest BCUT2D eigenvalue weighted by Crippen LogP contribution is 2.22. The predicted molar refractivity (Wildman–Crippen MR) is 84.3 cm³/mol. The first kappa shape index (κ1) is 15.3. The second-order valence-corrected chi connectivity index (χ2v) is 5.75. The highest BCUT2D eigenvalue weighted by molar-refractivity contribution is 5.92. The van der Waals surface area contributed by atoms with Crippen molar-refractivity contribution in [3.05, 3.63) is 34.3 Å². The van der Waals surface area contributed by atoms with Gasteiger partial charge in [0.15, 0.2) is 5.82 Å². The van der Waals surface area contributed by atoms with Gasteiger partial charge < -0.3 is 14.7 Å². The number of nitrogens with zero attached hydrogens (tertiary/aromatic N) is 4. The van der Waals surface area contributed by atoms with E-state index in [1.54, 1.807) is 26.1 Å². The van der Waals surface area contributed by atoms with Crippen LogP contribution in [0.25, 0.3) is 0 Å². The molecule has 1 aliphatic heterocycles. The van der Waals surface area contributed by atoms with Gasteiger partial charge in [-0.2, -0.15) is 5.10 Å². The molecule has 0 aromatic carbocycles. The fraction of sp³-hybridized carbons (Fsp3) is 0.467. The summed E-state index contributed by atoms with van der Waals surface area (Å²) in [5.41, 5.74) is -0.151. The molecule has 8 heteroatoms. The molecular formula is C15H19N5O3. The Labute approximate surface area is 133 Å². The van der Waals surface area contributed by atoms with Gasteiger partial charge in [0.2, 0.25) is 5.91 Å². The number of carbonyl (C=O) groups is 1. The van der Waals surface area contributed by atoms with Crippen molar-refractivity contribution in [2.45, 2.75) is 19.8 Å². The van der Waals surface area contributed by atoms with Gasteiger partial charge in [-0.15, -0.1) is 0 Å². The highest BCUT2D eigenvalue weighted by atomic mass is 16.5. The van der Waals surface area contributed by atoms with E-state index < -0.39 is 0 Å². The molecule has 0 unspecified atom stereocenters. The third-order valence-electron chi connectivity index (χ3n) is 3.94. The minimum atomic E-state index is -0.153. The fourth-order valence-corrected chi connectivity index (χ4v) is 2.71. The number of hydrogen-bond acceptors (Lipinski definition) is 6. The van der Waals surface area contributed by atoms with Crippen LogP contribution < -0.4 is 15.8 Å². The number of piperidine rings is 1. The average Bonchev–Trinajstić information content (AvgIpc) is 2.95. The van der Waals surface area contributed by atoms with E-state index in [-0.39, 0.29) is 17.4 Å². The van der Waals surface area contributed by atoms with E-state index in [0.717, 1.165) is 19.4 Å². The number of amides is 1. The Balaban J connectivity index is 1.68. The van der Waals surface area contributed by atoms with Crippen molar-refractivity contribution in [3.63, 3.8) is 0 Å². The fourth-order valence-electron chi connectivity index (χ4n) is 2.71. The number of hydrogen-bond donors (Lipinski definition) is 1. The molecule has 0 bridgehead atoms. The predicted octanol–water partition coefficient (Wildman–Crippen LogP) is 0.932. The number of aromatic nitrogens is 3. The molecule has 3 heterocycles. The van der Waals surface area contributed by atoms with Crippen LogP contribution in [0.2, 0.25) is 0 Å². The second kappa shape index (κ2) is 6.23. The van der Waals surface area contributed by atoms with Crippen LogP contribution in [0.3, 0.4) is 0 Å². The summed E-state index contributed by atoms with van der Waals surface area (Å²) in [6, 6.07) is 4.88. The van der Waals surface area contributed by atoms with Gasteiger partial charge in [-0.05, 0) is 25.8 Å². The Morgan fingerprint density at radius 3 is 2.96 bits per heavy atom. The molecule has 2 aromatic rings. The van der Waals surface area contributed by atoms with Crippen LogP contribution in [0.1, 0.15) is 18.6 Å². The van der Waals surface area contributed by atoms with Crippen LogP contribution in [0.15, 0.2) is 27.5 Å². The van der Waals surface area contributed by atoms with E-state index in [0.29, 0.717) is 23.9 Å². The van der Waals surface area contributed by atoms with Crippen molar-refractivity contribution in [2.24, 2.45) is 13.0 Å². The molecule has 1 atom stereocenters. The summed E-state index contributed by atoms with van der Waals surface area (Å²) in [4.78, 5) is 25.8. The number of carbonyl (C=O) groups excluding carboxylic acids is 1. The lowest BCUT2D eigenvalue weighted by Crippen LogP contribution is -2.41. The molecule has 1 N–H and O–H groups in total. The maximum absolute atomic E-state index is 12.4. The second-order valence-electron chi connectivity index (χ2n) is 5.75. The number of rotatable bonds is 3. The van der Waals surface area contributed by atoms with E-state index in [1.807, 2.05) is 4.90 Å². The first-order chi connectivity index (χ1) is 11.0. The van der Waals surface area contributed by atoms with Crippen LogP contribution in [-0.4, -0.2) is 33.9 Å². The van der Waals surface area contributed by atoms with E-state index in [1.165, 1.54) is 10.7 Å². The Hall–Kier alpha value is -2.64. The zero-order valence-corrected chi connectivity index (χ0v) is 13.2. The van der Waals surface area contributed by atoms with Crippen molar-refractivity contribution in [2.75, 3.05) is 23.3 Å². The minimum Gasteiger partial charge on any atom is -0.360 e. The molecular weight excluding hydrogens is 298 g/mol. The topological polar surface area (TPSA) is 93.3 Å². The molecule has 2 aromatic heterocycles. The molecule has 0 aliphatic carbocycles. The first-order valence-corrected chi connectivity index (χ1v) is 7.56. The molecule has 1 aliphatic rings. The van der Waals surface area contributed by atoms with Crippen molar-refractivity contribution >= 4 is 17.5 Å². The van der Waals surface area contributed by atoms with E-state index >= 15 is 0 Å². The van der Waals surface area contributed by atoms with Crippen LogP contribution in [0, 0.1) is 12.8 Å². The zero-order valence-electron chi connectivity index (χ0n) is 13.2. The summed E-state index contributed by atoms with van der Waals surface area (Å²) in [5, 5.41) is 10.8. The van der Waals surface area contributed by atoms with E-state index in [4.69, 9.17) is 4.52 Å². The number of aryl methyl sites for hydroxylation is 2. The number of anilines is 2. The van der Waals surface area contributed by atoms with E-state index in [2.05, 4.69) is 15.6 Å². The van der Waals surface area contributed by atoms with Crippen LogP contribution >= 0.6 is 0 Å². The van der Waals surface area contributed by atoms with Crippen molar-refractivity contribution < 1.29 is 9.32 Å². The third kappa shape index (κ3) is 3.41. The molecule has 1 amide bonds. The highest BCUT2D eigenvalue weighted by Gasteiger charge is 2.27. The van der Waals surface area contributed by atoms with Crippen molar-refractivity contribution in [3.8, 4) is 0 Å². The van der Waals surface area contributed by atoms with Gasteiger partial charge in [0.05, 0.1) is 5.92 Å². The molecule has 1 saturated heterocycles. The normalized spacial score (nSPS) is 18.0.